The first-order chi connectivity index (χ1) is 13.2. The van der Waals surface area contributed by atoms with Crippen molar-refractivity contribution in [1.29, 1.82) is 0 Å². The Morgan fingerprint density at radius 3 is 2.93 bits per heavy atom. The fraction of sp³-hybridized carbons (Fsp3) is 0.286. The number of furan rings is 1. The van der Waals surface area contributed by atoms with E-state index < -0.39 is 5.97 Å². The number of carboxylic acids is 1. The molecule has 1 fully saturated rings. The van der Waals surface area contributed by atoms with E-state index in [4.69, 9.17) is 4.42 Å². The molecule has 0 spiro atoms. The molecule has 1 saturated heterocycles. The Balaban J connectivity index is 1.48. The van der Waals surface area contributed by atoms with E-state index in [1.165, 1.54) is 0 Å². The highest BCUT2D eigenvalue weighted by Crippen LogP contribution is 2.29. The zero-order valence-electron chi connectivity index (χ0n) is 14.9. The molecule has 1 aromatic carbocycles. The number of hydrogen-bond donors (Lipinski definition) is 1. The van der Waals surface area contributed by atoms with Crippen molar-refractivity contribution >= 4 is 5.97 Å². The summed E-state index contributed by atoms with van der Waals surface area (Å²) in [5.74, 6) is 0.886. The van der Waals surface area contributed by atoms with Crippen LogP contribution >= 0.6 is 0 Å². The summed E-state index contributed by atoms with van der Waals surface area (Å²) < 4.78 is 5.97. The first kappa shape index (κ1) is 17.4. The summed E-state index contributed by atoms with van der Waals surface area (Å²) in [5.41, 5.74) is 1.94. The summed E-state index contributed by atoms with van der Waals surface area (Å²) in [6, 6.07) is 12.7. The number of rotatable bonds is 5. The van der Waals surface area contributed by atoms with Gasteiger partial charge >= 0.3 is 5.97 Å². The normalized spacial score (nSPS) is 17.7. The molecule has 138 valence electrons. The molecule has 2 aromatic heterocycles. The summed E-state index contributed by atoms with van der Waals surface area (Å²) in [5, 5.41) is 9.37. The second-order valence-electron chi connectivity index (χ2n) is 6.83. The molecule has 27 heavy (non-hydrogen) atoms. The van der Waals surface area contributed by atoms with Gasteiger partial charge in [-0.3, -0.25) is 4.90 Å². The molecule has 0 bridgehead atoms. The monoisotopic (exact) mass is 363 g/mol. The number of carboxylic acid groups (broad SMARTS) is 1. The minimum absolute atomic E-state index is 0.250. The zero-order valence-corrected chi connectivity index (χ0v) is 14.9. The molecule has 0 unspecified atom stereocenters. The molecule has 1 atom stereocenters. The van der Waals surface area contributed by atoms with Gasteiger partial charge in [-0.2, -0.15) is 0 Å². The molecule has 0 amide bonds. The van der Waals surface area contributed by atoms with E-state index >= 15 is 0 Å². The molecular formula is C21H21N3O3. The van der Waals surface area contributed by atoms with Crippen molar-refractivity contribution in [3.63, 3.8) is 0 Å². The van der Waals surface area contributed by atoms with Crippen molar-refractivity contribution in [2.24, 2.45) is 0 Å². The third-order valence-corrected chi connectivity index (χ3v) is 4.99. The SMILES string of the molecule is O=C(O)c1ccccc1-c1ccc(CN2CCC[C@@H](c3ccncn3)C2)o1. The quantitative estimate of drug-likeness (QED) is 0.742. The van der Waals surface area contributed by atoms with Crippen LogP contribution in [0.4, 0.5) is 0 Å². The lowest BCUT2D eigenvalue weighted by Crippen LogP contribution is -2.34. The van der Waals surface area contributed by atoms with E-state index in [2.05, 4.69) is 14.9 Å². The van der Waals surface area contributed by atoms with E-state index in [0.29, 0.717) is 23.8 Å². The van der Waals surface area contributed by atoms with Crippen LogP contribution in [0.2, 0.25) is 0 Å². The summed E-state index contributed by atoms with van der Waals surface area (Å²) >= 11 is 0. The topological polar surface area (TPSA) is 79.5 Å². The predicted molar refractivity (Wildman–Crippen MR) is 100 cm³/mol. The second-order valence-corrected chi connectivity index (χ2v) is 6.83. The molecule has 4 rings (SSSR count). The average molecular weight is 363 g/mol. The number of benzene rings is 1. The lowest BCUT2D eigenvalue weighted by atomic mass is 9.94. The standard InChI is InChI=1S/C21H21N3O3/c25-21(26)18-6-2-1-5-17(18)20-8-7-16(27-20)13-24-11-3-4-15(12-24)19-9-10-22-14-23-19/h1-2,5-10,14-15H,3-4,11-13H2,(H,25,26)/t15-/m1/s1. The third kappa shape index (κ3) is 3.90. The Morgan fingerprint density at radius 1 is 1.22 bits per heavy atom. The van der Waals surface area contributed by atoms with Crippen LogP contribution in [0.15, 0.2) is 59.4 Å². The minimum atomic E-state index is -0.952. The zero-order chi connectivity index (χ0) is 18.6. The van der Waals surface area contributed by atoms with Crippen molar-refractivity contribution < 1.29 is 14.3 Å². The van der Waals surface area contributed by atoms with Crippen molar-refractivity contribution in [2.75, 3.05) is 13.1 Å². The molecule has 0 radical (unpaired) electrons. The highest BCUT2D eigenvalue weighted by Gasteiger charge is 2.23. The maximum absolute atomic E-state index is 11.4. The second kappa shape index (κ2) is 7.72. The Kier molecular flexibility index (Phi) is 4.98. The summed E-state index contributed by atoms with van der Waals surface area (Å²) in [7, 11) is 0. The molecule has 0 saturated carbocycles. The Hall–Kier alpha value is -2.99. The highest BCUT2D eigenvalue weighted by molar-refractivity contribution is 5.95. The van der Waals surface area contributed by atoms with E-state index in [1.54, 1.807) is 30.7 Å². The molecule has 1 aliphatic heterocycles. The van der Waals surface area contributed by atoms with Crippen molar-refractivity contribution in [1.82, 2.24) is 14.9 Å². The molecule has 6 nitrogen and oxygen atoms in total. The molecular weight excluding hydrogens is 342 g/mol. The first-order valence-corrected chi connectivity index (χ1v) is 9.10. The number of aromatic nitrogens is 2. The number of piperidine rings is 1. The average Bonchev–Trinajstić information content (AvgIpc) is 3.17. The summed E-state index contributed by atoms with van der Waals surface area (Å²) in [6.07, 6.45) is 5.64. The van der Waals surface area contributed by atoms with E-state index in [1.807, 2.05) is 24.3 Å². The van der Waals surface area contributed by atoms with Crippen LogP contribution in [-0.2, 0) is 6.54 Å². The van der Waals surface area contributed by atoms with Gasteiger partial charge in [-0.15, -0.1) is 0 Å². The van der Waals surface area contributed by atoms with Crippen molar-refractivity contribution in [2.45, 2.75) is 25.3 Å². The lowest BCUT2D eigenvalue weighted by Gasteiger charge is -2.31. The Labute approximate surface area is 157 Å². The van der Waals surface area contributed by atoms with E-state index in [0.717, 1.165) is 37.4 Å². The van der Waals surface area contributed by atoms with Crippen LogP contribution in [0.1, 0.15) is 40.6 Å². The molecule has 0 aliphatic carbocycles. The van der Waals surface area contributed by atoms with Crippen LogP contribution in [0.3, 0.4) is 0 Å². The first-order valence-electron chi connectivity index (χ1n) is 9.10. The molecule has 3 aromatic rings. The molecule has 3 heterocycles. The highest BCUT2D eigenvalue weighted by atomic mass is 16.4. The lowest BCUT2D eigenvalue weighted by molar-refractivity contribution is 0.0697. The summed E-state index contributed by atoms with van der Waals surface area (Å²) in [6.45, 7) is 2.65. The smallest absolute Gasteiger partial charge is 0.336 e. The maximum Gasteiger partial charge on any atom is 0.336 e. The van der Waals surface area contributed by atoms with Crippen molar-refractivity contribution in [3.8, 4) is 11.3 Å². The predicted octanol–water partition coefficient (Wildman–Crippen LogP) is 3.81. The summed E-state index contributed by atoms with van der Waals surface area (Å²) in [4.78, 5) is 22.2. The van der Waals surface area contributed by atoms with Crippen LogP contribution in [0.25, 0.3) is 11.3 Å². The maximum atomic E-state index is 11.4. The van der Waals surface area contributed by atoms with Crippen molar-refractivity contribution in [3.05, 3.63) is 72.0 Å². The van der Waals surface area contributed by atoms with Gasteiger partial charge in [-0.1, -0.05) is 18.2 Å². The van der Waals surface area contributed by atoms with Gasteiger partial charge in [0.15, 0.2) is 0 Å². The van der Waals surface area contributed by atoms with Gasteiger partial charge in [0.25, 0.3) is 0 Å². The molecule has 1 aliphatic rings. The number of hydrogen-bond acceptors (Lipinski definition) is 5. The number of nitrogens with zero attached hydrogens (tertiary/aromatic N) is 3. The van der Waals surface area contributed by atoms with Gasteiger partial charge in [-0.05, 0) is 43.7 Å². The Morgan fingerprint density at radius 2 is 2.11 bits per heavy atom. The van der Waals surface area contributed by atoms with Gasteiger partial charge in [0.05, 0.1) is 12.1 Å². The fourth-order valence-electron chi connectivity index (χ4n) is 3.70. The number of carbonyl (C=O) groups is 1. The van der Waals surface area contributed by atoms with E-state index in [9.17, 15) is 9.90 Å². The number of aromatic carboxylic acids is 1. The van der Waals surface area contributed by atoms with Crippen LogP contribution < -0.4 is 0 Å². The van der Waals surface area contributed by atoms with Gasteiger partial charge in [0.2, 0.25) is 0 Å². The van der Waals surface area contributed by atoms with Crippen LogP contribution in [0.5, 0.6) is 0 Å². The van der Waals surface area contributed by atoms with Gasteiger partial charge in [-0.25, -0.2) is 14.8 Å². The molecule has 6 heteroatoms. The van der Waals surface area contributed by atoms with Crippen LogP contribution in [0, 0.1) is 0 Å². The number of likely N-dealkylation sites (tertiary alicyclic amines) is 1. The molecule has 1 N–H and O–H groups in total. The largest absolute Gasteiger partial charge is 0.478 e. The van der Waals surface area contributed by atoms with Gasteiger partial charge in [0, 0.05) is 29.9 Å². The minimum Gasteiger partial charge on any atom is -0.478 e. The van der Waals surface area contributed by atoms with Gasteiger partial charge in [0.1, 0.15) is 17.8 Å². The third-order valence-electron chi connectivity index (χ3n) is 4.99. The van der Waals surface area contributed by atoms with Gasteiger partial charge < -0.3 is 9.52 Å². The Bertz CT molecular complexity index is 923. The van der Waals surface area contributed by atoms with Crippen LogP contribution in [-0.4, -0.2) is 39.0 Å². The fourth-order valence-corrected chi connectivity index (χ4v) is 3.70. The van der Waals surface area contributed by atoms with E-state index in [-0.39, 0.29) is 5.56 Å².